The molecule has 0 amide bonds. The summed E-state index contributed by atoms with van der Waals surface area (Å²) in [6.45, 7) is 1.90. The van der Waals surface area contributed by atoms with Gasteiger partial charge in [-0.05, 0) is 67.1 Å². The van der Waals surface area contributed by atoms with Gasteiger partial charge in [0, 0.05) is 10.0 Å². The Balaban J connectivity index is 1.84. The van der Waals surface area contributed by atoms with E-state index in [1.165, 1.54) is 6.08 Å². The molecule has 0 aromatic heterocycles. The van der Waals surface area contributed by atoms with Crippen molar-refractivity contribution in [1.82, 2.24) is 0 Å². The van der Waals surface area contributed by atoms with Crippen molar-refractivity contribution < 1.29 is 13.2 Å². The Hall–Kier alpha value is -2.70. The van der Waals surface area contributed by atoms with Crippen molar-refractivity contribution in [1.29, 1.82) is 0 Å². The summed E-state index contributed by atoms with van der Waals surface area (Å²) in [5.41, 5.74) is 2.54. The van der Waals surface area contributed by atoms with Gasteiger partial charge in [0.25, 0.3) is 10.0 Å². The first-order valence-corrected chi connectivity index (χ1v) is 10.8. The molecule has 6 heteroatoms. The number of allylic oxidation sites excluding steroid dienone is 1. The molecule has 0 atom stereocenters. The van der Waals surface area contributed by atoms with Gasteiger partial charge in [-0.1, -0.05) is 51.8 Å². The van der Waals surface area contributed by atoms with Crippen molar-refractivity contribution in [2.75, 3.05) is 4.72 Å². The number of carbonyl (C=O) groups excluding carboxylic acids is 1. The number of hydrogen-bond acceptors (Lipinski definition) is 3. The van der Waals surface area contributed by atoms with Crippen molar-refractivity contribution in [2.24, 2.45) is 0 Å². The maximum Gasteiger partial charge on any atom is 0.261 e. The number of nitrogens with one attached hydrogen (secondary N) is 1. The minimum atomic E-state index is -3.72. The average molecular weight is 456 g/mol. The van der Waals surface area contributed by atoms with Crippen LogP contribution in [-0.4, -0.2) is 14.2 Å². The molecular formula is C22H18BrNO3S. The van der Waals surface area contributed by atoms with Crippen molar-refractivity contribution >= 4 is 43.5 Å². The lowest BCUT2D eigenvalue weighted by atomic mass is 10.1. The van der Waals surface area contributed by atoms with Gasteiger partial charge < -0.3 is 0 Å². The van der Waals surface area contributed by atoms with Crippen LogP contribution in [0.2, 0.25) is 0 Å². The fraction of sp³-hybridized carbons (Fsp3) is 0.0455. The molecule has 0 bridgehead atoms. The predicted octanol–water partition coefficient (Wildman–Crippen LogP) is 5.45. The molecule has 0 saturated carbocycles. The third-order valence-corrected chi connectivity index (χ3v) is 5.99. The van der Waals surface area contributed by atoms with Gasteiger partial charge >= 0.3 is 0 Å². The van der Waals surface area contributed by atoms with Gasteiger partial charge in [0.15, 0.2) is 5.78 Å². The van der Waals surface area contributed by atoms with Gasteiger partial charge in [0.2, 0.25) is 0 Å². The van der Waals surface area contributed by atoms with Gasteiger partial charge in [0.05, 0.1) is 10.6 Å². The highest BCUT2D eigenvalue weighted by Gasteiger charge is 2.15. The molecule has 3 rings (SSSR count). The van der Waals surface area contributed by atoms with E-state index in [2.05, 4.69) is 20.7 Å². The first-order chi connectivity index (χ1) is 13.3. The van der Waals surface area contributed by atoms with Crippen LogP contribution in [0, 0.1) is 6.92 Å². The van der Waals surface area contributed by atoms with Crippen LogP contribution in [0.5, 0.6) is 0 Å². The zero-order chi connectivity index (χ0) is 20.1. The van der Waals surface area contributed by atoms with Crippen molar-refractivity contribution in [2.45, 2.75) is 11.8 Å². The summed E-state index contributed by atoms with van der Waals surface area (Å²) in [4.78, 5) is 12.5. The molecule has 0 aliphatic heterocycles. The van der Waals surface area contributed by atoms with E-state index in [-0.39, 0.29) is 10.7 Å². The van der Waals surface area contributed by atoms with Gasteiger partial charge in [-0.15, -0.1) is 0 Å². The van der Waals surface area contributed by atoms with Crippen LogP contribution in [0.1, 0.15) is 21.5 Å². The molecule has 0 saturated heterocycles. The Labute approximate surface area is 173 Å². The molecular weight excluding hydrogens is 438 g/mol. The van der Waals surface area contributed by atoms with E-state index in [1.54, 1.807) is 78.9 Å². The number of benzene rings is 3. The Morgan fingerprint density at radius 2 is 1.57 bits per heavy atom. The number of para-hydroxylation sites is 1. The van der Waals surface area contributed by atoms with E-state index in [1.807, 2.05) is 6.92 Å². The van der Waals surface area contributed by atoms with Crippen LogP contribution in [0.25, 0.3) is 6.08 Å². The Kier molecular flexibility index (Phi) is 6.11. The van der Waals surface area contributed by atoms with E-state index in [4.69, 9.17) is 0 Å². The minimum absolute atomic E-state index is 0.163. The highest BCUT2D eigenvalue weighted by atomic mass is 79.9. The fourth-order valence-corrected chi connectivity index (χ4v) is 3.88. The highest BCUT2D eigenvalue weighted by molar-refractivity contribution is 9.10. The van der Waals surface area contributed by atoms with Crippen molar-refractivity contribution in [3.05, 3.63) is 100 Å². The maximum atomic E-state index is 12.7. The van der Waals surface area contributed by atoms with Gasteiger partial charge in [-0.3, -0.25) is 9.52 Å². The smallest absolute Gasteiger partial charge is 0.261 e. The number of aryl methyl sites for hydroxylation is 1. The van der Waals surface area contributed by atoms with Crippen molar-refractivity contribution in [3.8, 4) is 0 Å². The average Bonchev–Trinajstić information content (AvgIpc) is 2.68. The molecule has 1 N–H and O–H groups in total. The van der Waals surface area contributed by atoms with Gasteiger partial charge in [0.1, 0.15) is 0 Å². The largest absolute Gasteiger partial charge is 0.289 e. The van der Waals surface area contributed by atoms with Gasteiger partial charge in [-0.2, -0.15) is 0 Å². The zero-order valence-electron chi connectivity index (χ0n) is 15.1. The summed E-state index contributed by atoms with van der Waals surface area (Å²) >= 11 is 3.34. The van der Waals surface area contributed by atoms with E-state index < -0.39 is 10.0 Å². The van der Waals surface area contributed by atoms with Crippen LogP contribution in [0.4, 0.5) is 5.69 Å². The fourth-order valence-electron chi connectivity index (χ4n) is 2.53. The Bertz CT molecular complexity index is 1120. The number of ketones is 1. The number of halogens is 1. The molecule has 0 aliphatic rings. The number of sulfonamides is 1. The van der Waals surface area contributed by atoms with Crippen LogP contribution in [0.15, 0.2) is 88.2 Å². The maximum absolute atomic E-state index is 12.7. The summed E-state index contributed by atoms with van der Waals surface area (Å²) in [6.07, 6.45) is 3.04. The van der Waals surface area contributed by atoms with Crippen molar-refractivity contribution in [3.63, 3.8) is 0 Å². The second-order valence-electron chi connectivity index (χ2n) is 6.21. The predicted molar refractivity (Wildman–Crippen MR) is 116 cm³/mol. The van der Waals surface area contributed by atoms with Crippen LogP contribution in [0.3, 0.4) is 0 Å². The SMILES string of the molecule is Cc1ccc(S(=O)(=O)Nc2ccccc2/C=C/C(=O)c2ccc(Br)cc2)cc1. The second kappa shape index (κ2) is 8.54. The molecule has 0 fully saturated rings. The summed E-state index contributed by atoms with van der Waals surface area (Å²) in [6, 6.07) is 20.6. The lowest BCUT2D eigenvalue weighted by molar-refractivity contribution is 0.104. The normalized spacial score (nSPS) is 11.5. The highest BCUT2D eigenvalue weighted by Crippen LogP contribution is 2.22. The summed E-state index contributed by atoms with van der Waals surface area (Å²) in [5, 5.41) is 0. The van der Waals surface area contributed by atoms with E-state index in [0.717, 1.165) is 10.0 Å². The standard InChI is InChI=1S/C22H18BrNO3S/c1-16-6-13-20(14-7-16)28(26,27)24-21-5-3-2-4-17(21)10-15-22(25)18-8-11-19(23)12-9-18/h2-15,24H,1H3/b15-10+. The van der Waals surface area contributed by atoms with Crippen LogP contribution in [-0.2, 0) is 10.0 Å². The quantitative estimate of drug-likeness (QED) is 0.396. The van der Waals surface area contributed by atoms with Gasteiger partial charge in [-0.25, -0.2) is 8.42 Å². The monoisotopic (exact) mass is 455 g/mol. The molecule has 0 heterocycles. The van der Waals surface area contributed by atoms with Crippen LogP contribution >= 0.6 is 15.9 Å². The molecule has 142 valence electrons. The number of carbonyl (C=O) groups is 1. The molecule has 0 unspecified atom stereocenters. The third-order valence-electron chi connectivity index (χ3n) is 4.08. The Morgan fingerprint density at radius 1 is 0.929 bits per heavy atom. The molecule has 28 heavy (non-hydrogen) atoms. The minimum Gasteiger partial charge on any atom is -0.289 e. The first kappa shape index (κ1) is 20.0. The number of hydrogen-bond donors (Lipinski definition) is 1. The third kappa shape index (κ3) is 4.97. The molecule has 3 aromatic carbocycles. The zero-order valence-corrected chi connectivity index (χ0v) is 17.5. The summed E-state index contributed by atoms with van der Waals surface area (Å²) < 4.78 is 28.8. The van der Waals surface area contributed by atoms with E-state index in [9.17, 15) is 13.2 Å². The van der Waals surface area contributed by atoms with Crippen LogP contribution < -0.4 is 4.72 Å². The number of rotatable bonds is 6. The molecule has 3 aromatic rings. The lowest BCUT2D eigenvalue weighted by Crippen LogP contribution is -2.13. The second-order valence-corrected chi connectivity index (χ2v) is 8.81. The number of anilines is 1. The van der Waals surface area contributed by atoms with E-state index >= 15 is 0 Å². The topological polar surface area (TPSA) is 63.2 Å². The van der Waals surface area contributed by atoms with E-state index in [0.29, 0.717) is 16.8 Å². The molecule has 0 spiro atoms. The molecule has 0 aliphatic carbocycles. The Morgan fingerprint density at radius 3 is 2.25 bits per heavy atom. The summed E-state index contributed by atoms with van der Waals surface area (Å²) in [7, 11) is -3.72. The lowest BCUT2D eigenvalue weighted by Gasteiger charge is -2.11. The molecule has 0 radical (unpaired) electrons. The first-order valence-electron chi connectivity index (χ1n) is 8.52. The summed E-state index contributed by atoms with van der Waals surface area (Å²) in [5.74, 6) is -0.163. The molecule has 4 nitrogen and oxygen atoms in total.